The molecule has 0 saturated heterocycles. The SMILES string of the molecule is N#Cc1nc(-c2ccccc2S(=O)(=O)NC2CCCC(O)C2)ccc1F. The predicted molar refractivity (Wildman–Crippen MR) is 92.9 cm³/mol. The molecule has 1 saturated carbocycles. The zero-order valence-electron chi connectivity index (χ0n) is 13.9. The van der Waals surface area contributed by atoms with Crippen molar-refractivity contribution in [2.45, 2.75) is 42.7 Å². The number of hydrogen-bond acceptors (Lipinski definition) is 5. The minimum atomic E-state index is -3.87. The van der Waals surface area contributed by atoms with E-state index in [1.165, 1.54) is 12.1 Å². The van der Waals surface area contributed by atoms with E-state index >= 15 is 0 Å². The normalized spacial score (nSPS) is 20.5. The van der Waals surface area contributed by atoms with E-state index in [1.807, 2.05) is 0 Å². The maximum atomic E-state index is 13.5. The monoisotopic (exact) mass is 375 g/mol. The highest BCUT2D eigenvalue weighted by molar-refractivity contribution is 7.89. The molecule has 0 amide bonds. The van der Waals surface area contributed by atoms with Gasteiger partial charge in [-0.3, -0.25) is 0 Å². The number of sulfonamides is 1. The summed E-state index contributed by atoms with van der Waals surface area (Å²) in [5.74, 6) is -0.758. The highest BCUT2D eigenvalue weighted by Crippen LogP contribution is 2.28. The first kappa shape index (κ1) is 18.5. The van der Waals surface area contributed by atoms with Crippen molar-refractivity contribution >= 4 is 10.0 Å². The average Bonchev–Trinajstić information content (AvgIpc) is 2.62. The molecule has 1 heterocycles. The molecule has 26 heavy (non-hydrogen) atoms. The summed E-state index contributed by atoms with van der Waals surface area (Å²) in [7, 11) is -3.87. The lowest BCUT2D eigenvalue weighted by Gasteiger charge is -2.26. The van der Waals surface area contributed by atoms with E-state index in [0.29, 0.717) is 19.3 Å². The third-order valence-electron chi connectivity index (χ3n) is 4.37. The molecule has 1 aromatic heterocycles. The summed E-state index contributed by atoms with van der Waals surface area (Å²) < 4.78 is 41.9. The van der Waals surface area contributed by atoms with Crippen LogP contribution in [0.5, 0.6) is 0 Å². The summed E-state index contributed by atoms with van der Waals surface area (Å²) in [6.07, 6.45) is 1.94. The second-order valence-electron chi connectivity index (χ2n) is 6.27. The minimum absolute atomic E-state index is 0.00283. The molecule has 6 nitrogen and oxygen atoms in total. The van der Waals surface area contributed by atoms with Crippen molar-refractivity contribution in [3.05, 3.63) is 47.9 Å². The predicted octanol–water partition coefficient (Wildman–Crippen LogP) is 2.34. The number of aromatic nitrogens is 1. The van der Waals surface area contributed by atoms with Gasteiger partial charge in [-0.25, -0.2) is 22.5 Å². The highest BCUT2D eigenvalue weighted by Gasteiger charge is 2.27. The first-order valence-electron chi connectivity index (χ1n) is 8.27. The van der Waals surface area contributed by atoms with Gasteiger partial charge >= 0.3 is 0 Å². The van der Waals surface area contributed by atoms with Gasteiger partial charge in [0.2, 0.25) is 10.0 Å². The number of rotatable bonds is 4. The Bertz CT molecular complexity index is 956. The van der Waals surface area contributed by atoms with Gasteiger partial charge in [0.1, 0.15) is 6.07 Å². The Morgan fingerprint density at radius 2 is 2.00 bits per heavy atom. The molecule has 8 heteroatoms. The number of nitrogens with zero attached hydrogens (tertiary/aromatic N) is 2. The Labute approximate surface area is 151 Å². The van der Waals surface area contributed by atoms with Gasteiger partial charge in [0.05, 0.1) is 16.7 Å². The third kappa shape index (κ3) is 3.90. The van der Waals surface area contributed by atoms with Crippen LogP contribution in [0.3, 0.4) is 0 Å². The number of nitriles is 1. The number of aliphatic hydroxyl groups is 1. The van der Waals surface area contributed by atoms with E-state index in [-0.39, 0.29) is 22.2 Å². The molecule has 1 fully saturated rings. The van der Waals surface area contributed by atoms with Crippen LogP contribution < -0.4 is 4.72 Å². The molecule has 2 N–H and O–H groups in total. The number of hydrogen-bond donors (Lipinski definition) is 2. The number of nitrogens with one attached hydrogen (secondary N) is 1. The van der Waals surface area contributed by atoms with E-state index < -0.39 is 27.6 Å². The second-order valence-corrected chi connectivity index (χ2v) is 7.96. The van der Waals surface area contributed by atoms with Crippen molar-refractivity contribution < 1.29 is 17.9 Å². The molecule has 1 aromatic carbocycles. The van der Waals surface area contributed by atoms with Crippen LogP contribution in [0.4, 0.5) is 4.39 Å². The quantitative estimate of drug-likeness (QED) is 0.854. The van der Waals surface area contributed by atoms with Gasteiger partial charge in [-0.15, -0.1) is 0 Å². The first-order valence-corrected chi connectivity index (χ1v) is 9.75. The summed E-state index contributed by atoms with van der Waals surface area (Å²) in [5.41, 5.74) is 0.0959. The topological polar surface area (TPSA) is 103 Å². The van der Waals surface area contributed by atoms with Crippen molar-refractivity contribution in [3.8, 4) is 17.3 Å². The van der Waals surface area contributed by atoms with Crippen LogP contribution in [0.25, 0.3) is 11.3 Å². The average molecular weight is 375 g/mol. The van der Waals surface area contributed by atoms with E-state index in [1.54, 1.807) is 24.3 Å². The van der Waals surface area contributed by atoms with E-state index in [0.717, 1.165) is 12.5 Å². The van der Waals surface area contributed by atoms with Crippen molar-refractivity contribution in [3.63, 3.8) is 0 Å². The zero-order valence-corrected chi connectivity index (χ0v) is 14.7. The fourth-order valence-corrected chi connectivity index (χ4v) is 4.64. The van der Waals surface area contributed by atoms with Gasteiger partial charge in [0, 0.05) is 11.6 Å². The summed E-state index contributed by atoms with van der Waals surface area (Å²) in [6.45, 7) is 0. The fourth-order valence-electron chi connectivity index (χ4n) is 3.14. The third-order valence-corrected chi connectivity index (χ3v) is 5.95. The lowest BCUT2D eigenvalue weighted by atomic mass is 9.94. The maximum absolute atomic E-state index is 13.5. The first-order chi connectivity index (χ1) is 12.4. The Morgan fingerprint density at radius 1 is 1.23 bits per heavy atom. The van der Waals surface area contributed by atoms with Crippen LogP contribution in [0, 0.1) is 17.1 Å². The Morgan fingerprint density at radius 3 is 2.73 bits per heavy atom. The summed E-state index contributed by atoms with van der Waals surface area (Å²) >= 11 is 0. The van der Waals surface area contributed by atoms with Crippen molar-refractivity contribution in [2.24, 2.45) is 0 Å². The molecular formula is C18H18FN3O3S. The lowest BCUT2D eigenvalue weighted by molar-refractivity contribution is 0.117. The largest absolute Gasteiger partial charge is 0.393 e. The van der Waals surface area contributed by atoms with Gasteiger partial charge in [-0.1, -0.05) is 18.2 Å². The molecule has 0 spiro atoms. The molecule has 2 aromatic rings. The molecule has 2 unspecified atom stereocenters. The minimum Gasteiger partial charge on any atom is -0.393 e. The van der Waals surface area contributed by atoms with Crippen molar-refractivity contribution in [2.75, 3.05) is 0 Å². The summed E-state index contributed by atoms with van der Waals surface area (Å²) in [4.78, 5) is 3.93. The molecule has 0 bridgehead atoms. The Balaban J connectivity index is 1.97. The molecule has 136 valence electrons. The molecule has 0 aliphatic heterocycles. The van der Waals surface area contributed by atoms with E-state index in [2.05, 4.69) is 9.71 Å². The zero-order chi connectivity index (χ0) is 18.7. The Hall–Kier alpha value is -2.34. The maximum Gasteiger partial charge on any atom is 0.241 e. The number of benzene rings is 1. The van der Waals surface area contributed by atoms with Crippen molar-refractivity contribution in [1.29, 1.82) is 5.26 Å². The highest BCUT2D eigenvalue weighted by atomic mass is 32.2. The van der Waals surface area contributed by atoms with Crippen LogP contribution in [0.2, 0.25) is 0 Å². The van der Waals surface area contributed by atoms with Gasteiger partial charge in [0.25, 0.3) is 0 Å². The van der Waals surface area contributed by atoms with E-state index in [4.69, 9.17) is 5.26 Å². The smallest absolute Gasteiger partial charge is 0.241 e. The van der Waals surface area contributed by atoms with Gasteiger partial charge in [-0.05, 0) is 43.9 Å². The Kier molecular flexibility index (Phi) is 5.32. The van der Waals surface area contributed by atoms with Crippen LogP contribution in [-0.4, -0.2) is 30.7 Å². The van der Waals surface area contributed by atoms with Crippen LogP contribution in [0.1, 0.15) is 31.4 Å². The number of halogens is 1. The van der Waals surface area contributed by atoms with Crippen LogP contribution in [0.15, 0.2) is 41.3 Å². The fraction of sp³-hybridized carbons (Fsp3) is 0.333. The molecule has 0 radical (unpaired) electrons. The lowest BCUT2D eigenvalue weighted by Crippen LogP contribution is -2.39. The molecule has 3 rings (SSSR count). The van der Waals surface area contributed by atoms with Gasteiger partial charge in [0.15, 0.2) is 11.5 Å². The van der Waals surface area contributed by atoms with Crippen LogP contribution >= 0.6 is 0 Å². The standard InChI is InChI=1S/C18H18FN3O3S/c19-15-8-9-16(21-17(15)11-20)14-6-1-2-7-18(14)26(24,25)22-12-4-3-5-13(23)10-12/h1-2,6-9,12-13,22-23H,3-5,10H2. The van der Waals surface area contributed by atoms with Gasteiger partial charge in [-0.2, -0.15) is 5.26 Å². The molecule has 1 aliphatic carbocycles. The summed E-state index contributed by atoms with van der Waals surface area (Å²) in [5, 5.41) is 18.7. The number of aliphatic hydroxyl groups excluding tert-OH is 1. The number of pyridine rings is 1. The van der Waals surface area contributed by atoms with Crippen LogP contribution in [-0.2, 0) is 10.0 Å². The molecule has 2 atom stereocenters. The van der Waals surface area contributed by atoms with E-state index in [9.17, 15) is 17.9 Å². The molecule has 1 aliphatic rings. The second kappa shape index (κ2) is 7.50. The van der Waals surface area contributed by atoms with Crippen molar-refractivity contribution in [1.82, 2.24) is 9.71 Å². The molecular weight excluding hydrogens is 357 g/mol. The van der Waals surface area contributed by atoms with Gasteiger partial charge < -0.3 is 5.11 Å². The summed E-state index contributed by atoms with van der Waals surface area (Å²) in [6, 6.07) is 9.98.